The van der Waals surface area contributed by atoms with Crippen LogP contribution in [0.1, 0.15) is 37.8 Å². The number of piperazine rings is 1. The zero-order chi connectivity index (χ0) is 33.3. The van der Waals surface area contributed by atoms with Crippen molar-refractivity contribution in [1.82, 2.24) is 9.80 Å². The normalized spacial score (nSPS) is 15.5. The van der Waals surface area contributed by atoms with E-state index in [1.165, 1.54) is 13.0 Å². The van der Waals surface area contributed by atoms with E-state index in [9.17, 15) is 53.9 Å². The molecule has 0 saturated carbocycles. The minimum absolute atomic E-state index is 0.0157. The van der Waals surface area contributed by atoms with Crippen LogP contribution in [0.5, 0.6) is 0 Å². The number of hydrogen-bond donors (Lipinski definition) is 1. The third-order valence-corrected chi connectivity index (χ3v) is 5.97. The summed E-state index contributed by atoms with van der Waals surface area (Å²) in [5.74, 6) is -0.749. The minimum Gasteiger partial charge on any atom is -0.435 e. The van der Waals surface area contributed by atoms with E-state index in [0.29, 0.717) is 10.5 Å². The van der Waals surface area contributed by atoms with Crippen LogP contribution in [-0.2, 0) is 36.5 Å². The number of nitrogens with one attached hydrogen (secondary N) is 1. The molecule has 0 bridgehead atoms. The molecule has 2 rings (SSSR count). The topological polar surface area (TPSA) is 107 Å². The first-order valence-electron chi connectivity index (χ1n) is 13.1. The largest absolute Gasteiger partial charge is 0.511 e. The smallest absolute Gasteiger partial charge is 0.435 e. The van der Waals surface area contributed by atoms with Gasteiger partial charge in [-0.15, -0.1) is 0 Å². The number of alkyl halides is 9. The van der Waals surface area contributed by atoms with Gasteiger partial charge in [0.2, 0.25) is 6.29 Å². The zero-order valence-corrected chi connectivity index (χ0v) is 23.4. The van der Waals surface area contributed by atoms with Crippen molar-refractivity contribution in [3.8, 4) is 0 Å². The Bertz CT molecular complexity index is 1110. The van der Waals surface area contributed by atoms with Crippen LogP contribution in [0.2, 0.25) is 0 Å². The quantitative estimate of drug-likeness (QED) is 0.106. The van der Waals surface area contributed by atoms with Crippen LogP contribution in [0.25, 0.3) is 0 Å². The number of esters is 1. The molecule has 1 amide bonds. The number of hydrogen-bond acceptors (Lipinski definition) is 9. The van der Waals surface area contributed by atoms with Gasteiger partial charge in [0.15, 0.2) is 0 Å². The van der Waals surface area contributed by atoms with Gasteiger partial charge < -0.3 is 29.2 Å². The molecule has 1 fully saturated rings. The second-order valence-electron chi connectivity index (χ2n) is 9.37. The molecule has 0 aromatic heterocycles. The summed E-state index contributed by atoms with van der Waals surface area (Å²) in [6.45, 7) is 2.25. The van der Waals surface area contributed by atoms with Gasteiger partial charge in [-0.1, -0.05) is 6.07 Å². The fraction of sp³-hybridized carbons (Fsp3) is 0.640. The second-order valence-corrected chi connectivity index (χ2v) is 9.37. The van der Waals surface area contributed by atoms with Gasteiger partial charge in [0, 0.05) is 58.3 Å². The highest BCUT2D eigenvalue weighted by Gasteiger charge is 2.60. The summed E-state index contributed by atoms with van der Waals surface area (Å²) in [6, 6.07) is 2.89. The van der Waals surface area contributed by atoms with Crippen molar-refractivity contribution in [2.45, 2.75) is 64.2 Å². The van der Waals surface area contributed by atoms with Crippen molar-refractivity contribution in [3.05, 3.63) is 29.3 Å². The van der Waals surface area contributed by atoms with Crippen LogP contribution in [0, 0.1) is 0 Å². The van der Waals surface area contributed by atoms with Crippen molar-refractivity contribution in [1.29, 1.82) is 0 Å². The van der Waals surface area contributed by atoms with Crippen molar-refractivity contribution in [2.24, 2.45) is 0 Å². The molecular formula is C25H30F9N3O7. The Morgan fingerprint density at radius 3 is 2.07 bits per heavy atom. The molecule has 19 heteroatoms. The van der Waals surface area contributed by atoms with Crippen LogP contribution in [0.3, 0.4) is 0 Å². The lowest BCUT2D eigenvalue weighted by Crippen LogP contribution is -2.52. The van der Waals surface area contributed by atoms with E-state index in [4.69, 9.17) is 4.74 Å². The Morgan fingerprint density at radius 2 is 1.52 bits per heavy atom. The molecule has 1 atom stereocenters. The molecule has 1 aromatic carbocycles. The van der Waals surface area contributed by atoms with Crippen molar-refractivity contribution in [2.75, 3.05) is 44.6 Å². The average Bonchev–Trinajstić information content (AvgIpc) is 2.88. The molecule has 1 aliphatic rings. The SMILES string of the molecule is CCOC(=O)OC(C)OC(=O)CCCNc1cc(C(F)(F)F)ccc1CN1CCN(C(=O)OC(C(F)(F)F)C(F)(F)F)CC1. The number of carbonyl (C=O) groups is 3. The average molecular weight is 656 g/mol. The molecule has 1 heterocycles. The van der Waals surface area contributed by atoms with Gasteiger partial charge in [0.05, 0.1) is 12.2 Å². The summed E-state index contributed by atoms with van der Waals surface area (Å²) in [4.78, 5) is 37.5. The summed E-state index contributed by atoms with van der Waals surface area (Å²) < 4.78 is 134. The number of ether oxygens (including phenoxy) is 4. The fourth-order valence-corrected chi connectivity index (χ4v) is 3.89. The molecule has 0 spiro atoms. The number of carbonyl (C=O) groups excluding carboxylic acids is 3. The summed E-state index contributed by atoms with van der Waals surface area (Å²) in [7, 11) is 0. The van der Waals surface area contributed by atoms with E-state index >= 15 is 0 Å². The van der Waals surface area contributed by atoms with Crippen molar-refractivity contribution < 1.29 is 72.8 Å². The van der Waals surface area contributed by atoms with Gasteiger partial charge in [0.25, 0.3) is 6.10 Å². The third-order valence-electron chi connectivity index (χ3n) is 5.97. The predicted octanol–water partition coefficient (Wildman–Crippen LogP) is 5.71. The molecule has 0 aliphatic carbocycles. The Morgan fingerprint density at radius 1 is 0.909 bits per heavy atom. The minimum atomic E-state index is -5.86. The summed E-state index contributed by atoms with van der Waals surface area (Å²) in [5, 5.41) is 2.81. The molecule has 1 N–H and O–H groups in total. The standard InChI is InChI=1S/C25H30F9N3O7/c1-3-41-22(40)43-15(2)42-19(38)5-4-8-35-18-13-17(23(26,27)28)7-6-16(18)14-36-9-11-37(12-10-36)21(39)44-20(24(29,30)31)25(32,33)34/h6-7,13,15,20,35H,3-5,8-12,14H2,1-2H3. The maximum Gasteiger partial charge on any atom is 0.511 e. The van der Waals surface area contributed by atoms with Crippen molar-refractivity contribution >= 4 is 23.9 Å². The first-order chi connectivity index (χ1) is 20.3. The van der Waals surface area contributed by atoms with Gasteiger partial charge >= 0.3 is 36.7 Å². The Labute approximate surface area is 245 Å². The Hall–Kier alpha value is -3.64. The lowest BCUT2D eigenvalue weighted by atomic mass is 10.1. The van der Waals surface area contributed by atoms with Gasteiger partial charge in [0.1, 0.15) is 0 Å². The molecule has 250 valence electrons. The predicted molar refractivity (Wildman–Crippen MR) is 132 cm³/mol. The third kappa shape index (κ3) is 11.8. The van der Waals surface area contributed by atoms with E-state index in [-0.39, 0.29) is 64.4 Å². The van der Waals surface area contributed by atoms with E-state index in [1.54, 1.807) is 11.8 Å². The van der Waals surface area contributed by atoms with Crippen LogP contribution in [-0.4, -0.2) is 92.1 Å². The van der Waals surface area contributed by atoms with Gasteiger partial charge in [-0.25, -0.2) is 9.59 Å². The number of benzene rings is 1. The second kappa shape index (κ2) is 15.4. The van der Waals surface area contributed by atoms with E-state index in [2.05, 4.69) is 19.5 Å². The molecule has 0 radical (unpaired) electrons. The van der Waals surface area contributed by atoms with Crippen molar-refractivity contribution in [3.63, 3.8) is 0 Å². The van der Waals surface area contributed by atoms with E-state index in [1.807, 2.05) is 0 Å². The van der Waals surface area contributed by atoms with Crippen LogP contribution < -0.4 is 5.32 Å². The highest BCUT2D eigenvalue weighted by Crippen LogP contribution is 2.36. The number of anilines is 1. The summed E-state index contributed by atoms with van der Waals surface area (Å²) in [6.07, 6.45) is -24.8. The fourth-order valence-electron chi connectivity index (χ4n) is 3.89. The first-order valence-corrected chi connectivity index (χ1v) is 13.1. The number of nitrogens with zero attached hydrogens (tertiary/aromatic N) is 2. The number of rotatable bonds is 11. The van der Waals surface area contributed by atoms with Crippen LogP contribution in [0.4, 0.5) is 54.8 Å². The van der Waals surface area contributed by atoms with Crippen LogP contribution >= 0.6 is 0 Å². The maximum absolute atomic E-state index is 13.3. The Balaban J connectivity index is 1.96. The molecule has 1 aliphatic heterocycles. The molecule has 1 saturated heterocycles. The maximum atomic E-state index is 13.3. The van der Waals surface area contributed by atoms with Crippen LogP contribution in [0.15, 0.2) is 18.2 Å². The summed E-state index contributed by atoms with van der Waals surface area (Å²) in [5.41, 5.74) is -0.543. The lowest BCUT2D eigenvalue weighted by molar-refractivity contribution is -0.308. The van der Waals surface area contributed by atoms with Gasteiger partial charge in [-0.3, -0.25) is 9.69 Å². The molecule has 10 nitrogen and oxygen atoms in total. The molecule has 1 unspecified atom stereocenters. The zero-order valence-electron chi connectivity index (χ0n) is 23.4. The summed E-state index contributed by atoms with van der Waals surface area (Å²) >= 11 is 0. The molecule has 1 aromatic rings. The molecule has 44 heavy (non-hydrogen) atoms. The number of halogens is 9. The highest BCUT2D eigenvalue weighted by molar-refractivity contribution is 5.70. The molecular weight excluding hydrogens is 625 g/mol. The lowest BCUT2D eigenvalue weighted by Gasteiger charge is -2.35. The van der Waals surface area contributed by atoms with Gasteiger partial charge in [-0.2, -0.15) is 39.5 Å². The highest BCUT2D eigenvalue weighted by atomic mass is 19.4. The first kappa shape index (κ1) is 36.6. The van der Waals surface area contributed by atoms with Gasteiger partial charge in [-0.05, 0) is 31.0 Å². The number of amides is 1. The van der Waals surface area contributed by atoms with E-state index < -0.39 is 54.7 Å². The van der Waals surface area contributed by atoms with E-state index in [0.717, 1.165) is 12.1 Å². The monoisotopic (exact) mass is 655 g/mol. The Kier molecular flexibility index (Phi) is 12.8.